The van der Waals surface area contributed by atoms with Crippen molar-refractivity contribution in [2.75, 3.05) is 11.9 Å². The van der Waals surface area contributed by atoms with Gasteiger partial charge in [0.2, 0.25) is 5.13 Å². The Balaban J connectivity index is 2.59. The number of rotatable bonds is 3. The number of nitrogens with one attached hydrogen (secondary N) is 1. The number of nitrogens with zero attached hydrogens (tertiary/aromatic N) is 2. The molecule has 0 unspecified atom stereocenters. The SMILES string of the molecule is CCNc1nc(CC(C)(C)C)ns1. The van der Waals surface area contributed by atoms with Gasteiger partial charge in [-0.2, -0.15) is 4.37 Å². The van der Waals surface area contributed by atoms with Gasteiger partial charge >= 0.3 is 0 Å². The van der Waals surface area contributed by atoms with E-state index in [0.29, 0.717) is 0 Å². The zero-order valence-electron chi connectivity index (χ0n) is 8.72. The zero-order chi connectivity index (χ0) is 9.90. The Hall–Kier alpha value is -0.640. The molecule has 0 fully saturated rings. The van der Waals surface area contributed by atoms with E-state index in [9.17, 15) is 0 Å². The third kappa shape index (κ3) is 3.72. The van der Waals surface area contributed by atoms with Crippen LogP contribution in [0.2, 0.25) is 0 Å². The molecule has 1 N–H and O–H groups in total. The van der Waals surface area contributed by atoms with Crippen LogP contribution in [0.1, 0.15) is 33.5 Å². The number of hydrogen-bond acceptors (Lipinski definition) is 4. The van der Waals surface area contributed by atoms with Gasteiger partial charge in [-0.25, -0.2) is 4.98 Å². The Morgan fingerprint density at radius 1 is 1.38 bits per heavy atom. The van der Waals surface area contributed by atoms with Crippen molar-refractivity contribution in [1.82, 2.24) is 9.36 Å². The molecule has 0 amide bonds. The minimum absolute atomic E-state index is 0.268. The highest BCUT2D eigenvalue weighted by Gasteiger charge is 2.14. The van der Waals surface area contributed by atoms with E-state index >= 15 is 0 Å². The fourth-order valence-corrected chi connectivity index (χ4v) is 1.68. The third-order valence-corrected chi connectivity index (χ3v) is 2.20. The fourth-order valence-electron chi connectivity index (χ4n) is 1.02. The molecule has 0 radical (unpaired) electrons. The number of hydrogen-bond donors (Lipinski definition) is 1. The normalized spacial score (nSPS) is 11.7. The van der Waals surface area contributed by atoms with Gasteiger partial charge in [0.1, 0.15) is 5.82 Å². The van der Waals surface area contributed by atoms with E-state index in [0.717, 1.165) is 23.9 Å². The van der Waals surface area contributed by atoms with Crippen LogP contribution in [0.25, 0.3) is 0 Å². The second-order valence-electron chi connectivity index (χ2n) is 4.28. The molecular weight excluding hydrogens is 182 g/mol. The molecule has 0 saturated heterocycles. The highest BCUT2D eigenvalue weighted by atomic mass is 32.1. The van der Waals surface area contributed by atoms with Gasteiger partial charge in [-0.3, -0.25) is 0 Å². The third-order valence-electron chi connectivity index (χ3n) is 1.48. The van der Waals surface area contributed by atoms with Gasteiger partial charge < -0.3 is 5.32 Å². The molecule has 1 rings (SSSR count). The Morgan fingerprint density at radius 2 is 2.08 bits per heavy atom. The first-order chi connectivity index (χ1) is 6.01. The van der Waals surface area contributed by atoms with E-state index in [1.807, 2.05) is 0 Å². The first kappa shape index (κ1) is 10.4. The smallest absolute Gasteiger partial charge is 0.202 e. The maximum Gasteiger partial charge on any atom is 0.202 e. The summed E-state index contributed by atoms with van der Waals surface area (Å²) in [6, 6.07) is 0. The summed E-state index contributed by atoms with van der Waals surface area (Å²) in [7, 11) is 0. The predicted molar refractivity (Wildman–Crippen MR) is 57.2 cm³/mol. The lowest BCUT2D eigenvalue weighted by Crippen LogP contribution is -2.10. The van der Waals surface area contributed by atoms with Crippen molar-refractivity contribution >= 4 is 16.7 Å². The van der Waals surface area contributed by atoms with Crippen molar-refractivity contribution in [2.24, 2.45) is 5.41 Å². The Kier molecular flexibility index (Phi) is 3.25. The first-order valence-corrected chi connectivity index (χ1v) is 5.35. The van der Waals surface area contributed by atoms with E-state index in [2.05, 4.69) is 42.4 Å². The van der Waals surface area contributed by atoms with Crippen molar-refractivity contribution in [3.8, 4) is 0 Å². The minimum Gasteiger partial charge on any atom is -0.361 e. The molecule has 0 aliphatic rings. The van der Waals surface area contributed by atoms with Crippen molar-refractivity contribution < 1.29 is 0 Å². The van der Waals surface area contributed by atoms with Crippen LogP contribution in [0.15, 0.2) is 0 Å². The van der Waals surface area contributed by atoms with Gasteiger partial charge in [-0.05, 0) is 12.3 Å². The molecule has 0 atom stereocenters. The van der Waals surface area contributed by atoms with Gasteiger partial charge in [-0.1, -0.05) is 20.8 Å². The highest BCUT2D eigenvalue weighted by molar-refractivity contribution is 7.09. The Labute approximate surface area is 83.8 Å². The summed E-state index contributed by atoms with van der Waals surface area (Å²) >= 11 is 1.44. The van der Waals surface area contributed by atoms with Crippen LogP contribution in [0.4, 0.5) is 5.13 Å². The van der Waals surface area contributed by atoms with Crippen molar-refractivity contribution in [1.29, 1.82) is 0 Å². The largest absolute Gasteiger partial charge is 0.361 e. The van der Waals surface area contributed by atoms with E-state index in [1.165, 1.54) is 11.5 Å². The van der Waals surface area contributed by atoms with Crippen LogP contribution < -0.4 is 5.32 Å². The molecule has 0 bridgehead atoms. The average molecular weight is 199 g/mol. The van der Waals surface area contributed by atoms with Gasteiger partial charge in [0.15, 0.2) is 0 Å². The van der Waals surface area contributed by atoms with Crippen LogP contribution in [-0.4, -0.2) is 15.9 Å². The van der Waals surface area contributed by atoms with Gasteiger partial charge in [0.25, 0.3) is 0 Å². The maximum absolute atomic E-state index is 4.38. The quantitative estimate of drug-likeness (QED) is 0.813. The van der Waals surface area contributed by atoms with Crippen molar-refractivity contribution in [2.45, 2.75) is 34.1 Å². The summed E-state index contributed by atoms with van der Waals surface area (Å²) in [4.78, 5) is 4.38. The van der Waals surface area contributed by atoms with Gasteiger partial charge in [-0.15, -0.1) is 0 Å². The van der Waals surface area contributed by atoms with Crippen LogP contribution in [0.5, 0.6) is 0 Å². The van der Waals surface area contributed by atoms with E-state index in [-0.39, 0.29) is 5.41 Å². The van der Waals surface area contributed by atoms with Crippen LogP contribution in [-0.2, 0) is 6.42 Å². The lowest BCUT2D eigenvalue weighted by molar-refractivity contribution is 0.403. The molecule has 0 aromatic carbocycles. The molecule has 13 heavy (non-hydrogen) atoms. The predicted octanol–water partition coefficient (Wildman–Crippen LogP) is 2.56. The summed E-state index contributed by atoms with van der Waals surface area (Å²) in [6.45, 7) is 9.55. The molecule has 1 heterocycles. The second kappa shape index (κ2) is 4.05. The van der Waals surface area contributed by atoms with Crippen LogP contribution in [0, 0.1) is 5.41 Å². The molecule has 0 spiro atoms. The molecule has 0 aliphatic carbocycles. The van der Waals surface area contributed by atoms with E-state index in [1.54, 1.807) is 0 Å². The lowest BCUT2D eigenvalue weighted by atomic mass is 9.92. The van der Waals surface area contributed by atoms with Gasteiger partial charge in [0, 0.05) is 24.5 Å². The van der Waals surface area contributed by atoms with Crippen molar-refractivity contribution in [3.05, 3.63) is 5.82 Å². The minimum atomic E-state index is 0.268. The molecule has 0 aliphatic heterocycles. The molecule has 3 nitrogen and oxygen atoms in total. The van der Waals surface area contributed by atoms with E-state index < -0.39 is 0 Å². The monoisotopic (exact) mass is 199 g/mol. The van der Waals surface area contributed by atoms with Crippen LogP contribution in [0.3, 0.4) is 0 Å². The Morgan fingerprint density at radius 3 is 2.62 bits per heavy atom. The molecular formula is C9H17N3S. The first-order valence-electron chi connectivity index (χ1n) is 4.58. The molecule has 0 saturated carbocycles. The Bertz CT molecular complexity index is 262. The summed E-state index contributed by atoms with van der Waals surface area (Å²) in [6.07, 6.45) is 0.939. The summed E-state index contributed by atoms with van der Waals surface area (Å²) < 4.78 is 4.29. The fraction of sp³-hybridized carbons (Fsp3) is 0.778. The molecule has 4 heteroatoms. The number of anilines is 1. The topological polar surface area (TPSA) is 37.8 Å². The van der Waals surface area contributed by atoms with Gasteiger partial charge in [0.05, 0.1) is 0 Å². The number of aromatic nitrogens is 2. The second-order valence-corrected chi connectivity index (χ2v) is 5.04. The van der Waals surface area contributed by atoms with Crippen molar-refractivity contribution in [3.63, 3.8) is 0 Å². The van der Waals surface area contributed by atoms with Crippen LogP contribution >= 0.6 is 11.5 Å². The maximum atomic E-state index is 4.38. The summed E-state index contributed by atoms with van der Waals surface area (Å²) in [5.74, 6) is 0.952. The lowest BCUT2D eigenvalue weighted by Gasteiger charge is -2.14. The standard InChI is InChI=1S/C9H17N3S/c1-5-10-8-11-7(12-13-8)6-9(2,3)4/h5-6H2,1-4H3,(H,10,11,12). The average Bonchev–Trinajstić information content (AvgIpc) is 2.33. The van der Waals surface area contributed by atoms with E-state index in [4.69, 9.17) is 0 Å². The highest BCUT2D eigenvalue weighted by Crippen LogP contribution is 2.21. The summed E-state index contributed by atoms with van der Waals surface area (Å²) in [5.41, 5.74) is 0.268. The molecule has 1 aromatic rings. The summed E-state index contributed by atoms with van der Waals surface area (Å²) in [5, 5.41) is 4.09. The molecule has 1 aromatic heterocycles. The zero-order valence-corrected chi connectivity index (χ0v) is 9.53. The molecule has 74 valence electrons.